The molecule has 0 saturated carbocycles. The van der Waals surface area contributed by atoms with Crippen LogP contribution in [0.4, 0.5) is 0 Å². The van der Waals surface area contributed by atoms with Crippen molar-refractivity contribution in [2.45, 2.75) is 39.2 Å². The van der Waals surface area contributed by atoms with Crippen molar-refractivity contribution < 1.29 is 0 Å². The Morgan fingerprint density at radius 2 is 2.19 bits per heavy atom. The van der Waals surface area contributed by atoms with E-state index >= 15 is 0 Å². The predicted octanol–water partition coefficient (Wildman–Crippen LogP) is 4.30. The van der Waals surface area contributed by atoms with Gasteiger partial charge in [-0.2, -0.15) is 0 Å². The Labute approximate surface area is 133 Å². The zero-order chi connectivity index (χ0) is 14.7. The summed E-state index contributed by atoms with van der Waals surface area (Å²) in [6.45, 7) is 5.49. The molecular formula is C16H21N3S2. The lowest BCUT2D eigenvalue weighted by Gasteiger charge is -2.18. The van der Waals surface area contributed by atoms with E-state index < -0.39 is 0 Å². The van der Waals surface area contributed by atoms with Crippen molar-refractivity contribution in [3.8, 4) is 0 Å². The zero-order valence-electron chi connectivity index (χ0n) is 12.5. The highest BCUT2D eigenvalue weighted by atomic mass is 32.1. The van der Waals surface area contributed by atoms with Gasteiger partial charge in [-0.05, 0) is 36.4 Å². The van der Waals surface area contributed by atoms with Crippen molar-refractivity contribution in [1.82, 2.24) is 14.7 Å². The number of imidazole rings is 1. The van der Waals surface area contributed by atoms with Crippen molar-refractivity contribution in [3.05, 3.63) is 45.4 Å². The molecule has 0 radical (unpaired) electrons. The summed E-state index contributed by atoms with van der Waals surface area (Å²) in [7, 11) is 0. The fraction of sp³-hybridized carbons (Fsp3) is 0.438. The smallest absolute Gasteiger partial charge is 0.193 e. The van der Waals surface area contributed by atoms with Gasteiger partial charge in [0.25, 0.3) is 0 Å². The Morgan fingerprint density at radius 1 is 1.29 bits per heavy atom. The lowest BCUT2D eigenvalue weighted by molar-refractivity contribution is 0.530. The van der Waals surface area contributed by atoms with Gasteiger partial charge in [-0.25, -0.2) is 4.98 Å². The van der Waals surface area contributed by atoms with Crippen LogP contribution in [-0.4, -0.2) is 15.9 Å². The molecule has 1 atom stereocenters. The number of aromatic nitrogens is 2. The Balaban J connectivity index is 1.83. The summed E-state index contributed by atoms with van der Waals surface area (Å²) in [6.07, 6.45) is 7.45. The van der Waals surface area contributed by atoms with Crippen LogP contribution in [0.15, 0.2) is 29.2 Å². The molecule has 0 aliphatic rings. The normalized spacial score (nSPS) is 13.0. The van der Waals surface area contributed by atoms with Gasteiger partial charge in [0.1, 0.15) is 0 Å². The number of hydrogen-bond acceptors (Lipinski definition) is 4. The number of nitrogens with one attached hydrogen (secondary N) is 1. The maximum atomic E-state index is 4.73. The van der Waals surface area contributed by atoms with Gasteiger partial charge >= 0.3 is 0 Å². The molecule has 0 fully saturated rings. The molecule has 0 bridgehead atoms. The minimum absolute atomic E-state index is 0.379. The fourth-order valence-corrected chi connectivity index (χ4v) is 4.40. The fourth-order valence-electron chi connectivity index (χ4n) is 2.60. The highest BCUT2D eigenvalue weighted by Gasteiger charge is 2.18. The third kappa shape index (κ3) is 3.20. The van der Waals surface area contributed by atoms with E-state index in [0.29, 0.717) is 6.04 Å². The molecule has 1 unspecified atom stereocenters. The molecule has 0 aromatic carbocycles. The average molecular weight is 319 g/mol. The van der Waals surface area contributed by atoms with Crippen LogP contribution in [0.1, 0.15) is 42.4 Å². The zero-order valence-corrected chi connectivity index (χ0v) is 14.1. The molecule has 3 aromatic heterocycles. The van der Waals surface area contributed by atoms with Crippen LogP contribution in [0, 0.1) is 0 Å². The highest BCUT2D eigenvalue weighted by molar-refractivity contribution is 7.15. The highest BCUT2D eigenvalue weighted by Crippen LogP contribution is 2.28. The van der Waals surface area contributed by atoms with Gasteiger partial charge in [0, 0.05) is 35.1 Å². The summed E-state index contributed by atoms with van der Waals surface area (Å²) in [5, 5.41) is 7.98. The van der Waals surface area contributed by atoms with E-state index in [0.717, 1.165) is 30.8 Å². The molecule has 112 valence electrons. The topological polar surface area (TPSA) is 29.3 Å². The van der Waals surface area contributed by atoms with Crippen LogP contribution in [0.25, 0.3) is 4.96 Å². The third-order valence-corrected chi connectivity index (χ3v) is 5.52. The van der Waals surface area contributed by atoms with Gasteiger partial charge in [-0.15, -0.1) is 22.7 Å². The molecule has 21 heavy (non-hydrogen) atoms. The lowest BCUT2D eigenvalue weighted by Crippen LogP contribution is -2.24. The van der Waals surface area contributed by atoms with Gasteiger partial charge in [0.2, 0.25) is 0 Å². The summed E-state index contributed by atoms with van der Waals surface area (Å²) in [5.41, 5.74) is 2.64. The first-order valence-electron chi connectivity index (χ1n) is 7.52. The van der Waals surface area contributed by atoms with Crippen molar-refractivity contribution in [3.63, 3.8) is 0 Å². The first-order chi connectivity index (χ1) is 10.3. The van der Waals surface area contributed by atoms with Crippen LogP contribution in [0.5, 0.6) is 0 Å². The first kappa shape index (κ1) is 14.8. The molecular weight excluding hydrogens is 298 g/mol. The molecule has 3 heterocycles. The van der Waals surface area contributed by atoms with Gasteiger partial charge in [0.15, 0.2) is 4.96 Å². The van der Waals surface area contributed by atoms with Gasteiger partial charge < -0.3 is 5.32 Å². The minimum atomic E-state index is 0.379. The molecule has 3 rings (SSSR count). The van der Waals surface area contributed by atoms with Gasteiger partial charge in [-0.3, -0.25) is 4.40 Å². The number of hydrogen-bond donors (Lipinski definition) is 1. The second kappa shape index (κ2) is 6.73. The second-order valence-corrected chi connectivity index (χ2v) is 7.02. The van der Waals surface area contributed by atoms with E-state index in [1.54, 1.807) is 11.3 Å². The summed E-state index contributed by atoms with van der Waals surface area (Å²) in [6, 6.07) is 2.64. The molecule has 1 N–H and O–H groups in total. The van der Waals surface area contributed by atoms with Crippen molar-refractivity contribution in [1.29, 1.82) is 0 Å². The average Bonchev–Trinajstić information content (AvgIpc) is 3.17. The maximum Gasteiger partial charge on any atom is 0.193 e. The van der Waals surface area contributed by atoms with Crippen molar-refractivity contribution in [2.24, 2.45) is 0 Å². The van der Waals surface area contributed by atoms with E-state index in [1.165, 1.54) is 16.1 Å². The Hall–Kier alpha value is -1.17. The summed E-state index contributed by atoms with van der Waals surface area (Å²) in [5.74, 6) is 0. The van der Waals surface area contributed by atoms with E-state index in [9.17, 15) is 0 Å². The van der Waals surface area contributed by atoms with Crippen LogP contribution in [0.3, 0.4) is 0 Å². The molecule has 0 aliphatic carbocycles. The molecule has 0 amide bonds. The largest absolute Gasteiger partial charge is 0.309 e. The summed E-state index contributed by atoms with van der Waals surface area (Å²) >= 11 is 3.56. The number of aryl methyl sites for hydroxylation is 1. The van der Waals surface area contributed by atoms with Gasteiger partial charge in [-0.1, -0.05) is 13.8 Å². The Kier molecular flexibility index (Phi) is 4.73. The number of rotatable bonds is 7. The van der Waals surface area contributed by atoms with E-state index in [-0.39, 0.29) is 0 Å². The molecule has 0 spiro atoms. The minimum Gasteiger partial charge on any atom is -0.309 e. The van der Waals surface area contributed by atoms with Crippen molar-refractivity contribution >= 4 is 27.6 Å². The molecule has 3 nitrogen and oxygen atoms in total. The monoisotopic (exact) mass is 319 g/mol. The Bertz CT molecular complexity index is 667. The third-order valence-electron chi connectivity index (χ3n) is 3.68. The molecule has 0 saturated heterocycles. The van der Waals surface area contributed by atoms with Crippen molar-refractivity contribution in [2.75, 3.05) is 6.54 Å². The van der Waals surface area contributed by atoms with E-state index in [4.69, 9.17) is 4.98 Å². The van der Waals surface area contributed by atoms with E-state index in [2.05, 4.69) is 52.8 Å². The molecule has 3 aromatic rings. The SMILES string of the molecule is CCCNC(Cc1cn2ccsc2n1)c1sccc1CC. The van der Waals surface area contributed by atoms with Crippen LogP contribution in [0.2, 0.25) is 0 Å². The van der Waals surface area contributed by atoms with Crippen LogP contribution in [-0.2, 0) is 12.8 Å². The van der Waals surface area contributed by atoms with Gasteiger partial charge in [0.05, 0.1) is 5.69 Å². The molecule has 5 heteroatoms. The number of fused-ring (bicyclic) bond motifs is 1. The standard InChI is InChI=1S/C16H21N3S2/c1-3-6-17-14(15-12(4-2)5-8-20-15)10-13-11-19-7-9-21-16(19)18-13/h5,7-9,11,14,17H,3-4,6,10H2,1-2H3. The quantitative estimate of drug-likeness (QED) is 0.703. The maximum absolute atomic E-state index is 4.73. The summed E-state index contributed by atoms with van der Waals surface area (Å²) in [4.78, 5) is 7.29. The number of thiophene rings is 1. The number of nitrogens with zero attached hydrogens (tertiary/aromatic N) is 2. The van der Waals surface area contributed by atoms with Crippen LogP contribution >= 0.6 is 22.7 Å². The Morgan fingerprint density at radius 3 is 2.95 bits per heavy atom. The van der Waals surface area contributed by atoms with Crippen LogP contribution < -0.4 is 5.32 Å². The lowest BCUT2D eigenvalue weighted by atomic mass is 10.0. The summed E-state index contributed by atoms with van der Waals surface area (Å²) < 4.78 is 2.12. The predicted molar refractivity (Wildman–Crippen MR) is 91.5 cm³/mol. The number of thiazole rings is 1. The second-order valence-electron chi connectivity index (χ2n) is 5.20. The molecule has 0 aliphatic heterocycles. The first-order valence-corrected chi connectivity index (χ1v) is 9.28. The van der Waals surface area contributed by atoms with E-state index in [1.807, 2.05) is 11.3 Å².